The van der Waals surface area contributed by atoms with Crippen LogP contribution in [0.2, 0.25) is 0 Å². The summed E-state index contributed by atoms with van der Waals surface area (Å²) in [7, 11) is 1.52. The van der Waals surface area contributed by atoms with Gasteiger partial charge in [0, 0.05) is 30.9 Å². The summed E-state index contributed by atoms with van der Waals surface area (Å²) < 4.78 is 43.4. The maximum Gasteiger partial charge on any atom is 0.434 e. The Bertz CT molecular complexity index is 617. The van der Waals surface area contributed by atoms with Gasteiger partial charge >= 0.3 is 6.18 Å². The molecule has 2 rings (SSSR count). The molecule has 0 spiro atoms. The zero-order valence-corrected chi connectivity index (χ0v) is 14.9. The van der Waals surface area contributed by atoms with Crippen molar-refractivity contribution in [3.8, 4) is 0 Å². The largest absolute Gasteiger partial charge is 0.434 e. The van der Waals surface area contributed by atoms with Crippen LogP contribution in [0.25, 0.3) is 0 Å². The number of carbonyl (C=O) groups excluding carboxylic acids is 1. The van der Waals surface area contributed by atoms with Crippen molar-refractivity contribution in [2.24, 2.45) is 11.1 Å². The maximum atomic E-state index is 12.7. The molecule has 1 saturated carbocycles. The van der Waals surface area contributed by atoms with Crippen LogP contribution in [-0.2, 0) is 22.3 Å². The Morgan fingerprint density at radius 3 is 2.62 bits per heavy atom. The van der Waals surface area contributed by atoms with E-state index in [-0.39, 0.29) is 23.6 Å². The van der Waals surface area contributed by atoms with Gasteiger partial charge in [0.25, 0.3) is 0 Å². The standard InChI is InChI=1S/C15H22F3N3O2S/c1-5-23-10-6-14(19,13(10,2)3)12(22)21(4)7-11-20-9(8-24-11)15(16,17)18/h8,10H,5-7,19H2,1-4H3. The quantitative estimate of drug-likeness (QED) is 0.871. The van der Waals surface area contributed by atoms with Gasteiger partial charge < -0.3 is 15.4 Å². The molecule has 1 aliphatic rings. The Labute approximate surface area is 143 Å². The van der Waals surface area contributed by atoms with Crippen LogP contribution >= 0.6 is 11.3 Å². The van der Waals surface area contributed by atoms with Crippen molar-refractivity contribution < 1.29 is 22.7 Å². The number of ether oxygens (including phenoxy) is 1. The van der Waals surface area contributed by atoms with E-state index in [4.69, 9.17) is 10.5 Å². The average Bonchev–Trinajstić information content (AvgIpc) is 2.94. The van der Waals surface area contributed by atoms with E-state index in [9.17, 15) is 18.0 Å². The lowest BCUT2D eigenvalue weighted by molar-refractivity contribution is -0.178. The Morgan fingerprint density at radius 2 is 2.17 bits per heavy atom. The van der Waals surface area contributed by atoms with Crippen molar-refractivity contribution in [1.29, 1.82) is 0 Å². The molecule has 136 valence electrons. The molecule has 0 aromatic carbocycles. The third-order valence-electron chi connectivity index (χ3n) is 4.77. The van der Waals surface area contributed by atoms with Gasteiger partial charge in [-0.3, -0.25) is 4.79 Å². The lowest BCUT2D eigenvalue weighted by atomic mass is 9.54. The molecule has 24 heavy (non-hydrogen) atoms. The summed E-state index contributed by atoms with van der Waals surface area (Å²) in [5.74, 6) is -0.313. The number of alkyl halides is 3. The van der Waals surface area contributed by atoms with E-state index in [2.05, 4.69) is 4.98 Å². The average molecular weight is 365 g/mol. The van der Waals surface area contributed by atoms with Crippen molar-refractivity contribution >= 4 is 17.2 Å². The number of hydrogen-bond donors (Lipinski definition) is 1. The van der Waals surface area contributed by atoms with Gasteiger partial charge in [-0.1, -0.05) is 13.8 Å². The fraction of sp³-hybridized carbons (Fsp3) is 0.733. The van der Waals surface area contributed by atoms with Crippen molar-refractivity contribution in [2.75, 3.05) is 13.7 Å². The van der Waals surface area contributed by atoms with Gasteiger partial charge in [-0.2, -0.15) is 13.2 Å². The summed E-state index contributed by atoms with van der Waals surface area (Å²) in [6.07, 6.45) is -4.20. The molecule has 1 fully saturated rings. The molecular weight excluding hydrogens is 343 g/mol. The molecule has 1 aromatic heterocycles. The van der Waals surface area contributed by atoms with Gasteiger partial charge in [-0.05, 0) is 6.92 Å². The van der Waals surface area contributed by atoms with Crippen LogP contribution < -0.4 is 5.73 Å². The van der Waals surface area contributed by atoms with E-state index >= 15 is 0 Å². The van der Waals surface area contributed by atoms with Crippen molar-refractivity contribution in [3.63, 3.8) is 0 Å². The molecule has 9 heteroatoms. The number of hydrogen-bond acceptors (Lipinski definition) is 5. The van der Waals surface area contributed by atoms with E-state index in [0.717, 1.165) is 16.7 Å². The van der Waals surface area contributed by atoms with Crippen LogP contribution in [0.5, 0.6) is 0 Å². The highest BCUT2D eigenvalue weighted by Gasteiger charge is 2.63. The van der Waals surface area contributed by atoms with Gasteiger partial charge in [0.2, 0.25) is 5.91 Å². The van der Waals surface area contributed by atoms with Gasteiger partial charge in [-0.15, -0.1) is 11.3 Å². The first-order chi connectivity index (χ1) is 10.9. The molecular formula is C15H22F3N3O2S. The predicted octanol–water partition coefficient (Wildman–Crippen LogP) is 2.65. The van der Waals surface area contributed by atoms with Crippen LogP contribution in [0.15, 0.2) is 5.38 Å². The molecule has 5 nitrogen and oxygen atoms in total. The van der Waals surface area contributed by atoms with Crippen LogP contribution in [0.4, 0.5) is 13.2 Å². The van der Waals surface area contributed by atoms with Gasteiger partial charge in [-0.25, -0.2) is 4.98 Å². The number of nitrogens with zero attached hydrogens (tertiary/aromatic N) is 2. The van der Waals surface area contributed by atoms with Gasteiger partial charge in [0.15, 0.2) is 5.69 Å². The first kappa shape index (κ1) is 19.1. The highest BCUT2D eigenvalue weighted by Crippen LogP contribution is 2.50. The van der Waals surface area contributed by atoms with E-state index in [1.807, 2.05) is 20.8 Å². The summed E-state index contributed by atoms with van der Waals surface area (Å²) in [6, 6.07) is 0. The minimum atomic E-state index is -4.48. The maximum absolute atomic E-state index is 12.7. The van der Waals surface area contributed by atoms with Crippen LogP contribution in [0.3, 0.4) is 0 Å². The number of thiazole rings is 1. The normalized spacial score (nSPS) is 26.1. The second-order valence-electron chi connectivity index (χ2n) is 6.63. The molecule has 2 unspecified atom stereocenters. The number of amides is 1. The monoisotopic (exact) mass is 365 g/mol. The van der Waals surface area contributed by atoms with Gasteiger partial charge in [0.05, 0.1) is 12.6 Å². The molecule has 1 aromatic rings. The van der Waals surface area contributed by atoms with Crippen LogP contribution in [0.1, 0.15) is 37.9 Å². The molecule has 0 saturated heterocycles. The van der Waals surface area contributed by atoms with E-state index in [1.165, 1.54) is 11.9 Å². The third kappa shape index (κ3) is 3.16. The Hall–Kier alpha value is -1.19. The number of nitrogens with two attached hydrogens (primary N) is 1. The Kier molecular flexibility index (Phi) is 5.00. The first-order valence-corrected chi connectivity index (χ1v) is 8.49. The zero-order chi connectivity index (χ0) is 18.3. The highest BCUT2D eigenvalue weighted by molar-refractivity contribution is 7.09. The third-order valence-corrected chi connectivity index (χ3v) is 5.61. The Balaban J connectivity index is 2.06. The molecule has 2 N–H and O–H groups in total. The second kappa shape index (κ2) is 6.27. The molecule has 1 aliphatic carbocycles. The molecule has 0 bridgehead atoms. The summed E-state index contributed by atoms with van der Waals surface area (Å²) >= 11 is 0.876. The van der Waals surface area contributed by atoms with Crippen molar-refractivity contribution in [1.82, 2.24) is 9.88 Å². The zero-order valence-electron chi connectivity index (χ0n) is 14.1. The van der Waals surface area contributed by atoms with Gasteiger partial charge in [0.1, 0.15) is 10.5 Å². The minimum absolute atomic E-state index is 0.00604. The first-order valence-electron chi connectivity index (χ1n) is 7.61. The minimum Gasteiger partial charge on any atom is -0.378 e. The molecule has 0 radical (unpaired) electrons. The lowest BCUT2D eigenvalue weighted by Crippen LogP contribution is -2.75. The fourth-order valence-electron chi connectivity index (χ4n) is 2.93. The molecule has 2 atom stereocenters. The number of aromatic nitrogens is 1. The Morgan fingerprint density at radius 1 is 1.54 bits per heavy atom. The van der Waals surface area contributed by atoms with Crippen LogP contribution in [-0.4, -0.2) is 41.1 Å². The van der Waals surface area contributed by atoms with Crippen molar-refractivity contribution in [2.45, 2.75) is 51.6 Å². The molecule has 0 aliphatic heterocycles. The lowest BCUT2D eigenvalue weighted by Gasteiger charge is -2.58. The van der Waals surface area contributed by atoms with Crippen LogP contribution in [0, 0.1) is 5.41 Å². The second-order valence-corrected chi connectivity index (χ2v) is 7.57. The summed E-state index contributed by atoms with van der Waals surface area (Å²) in [6.45, 7) is 6.14. The molecule has 1 amide bonds. The summed E-state index contributed by atoms with van der Waals surface area (Å²) in [4.78, 5) is 17.6. The SMILES string of the molecule is CCOC1CC(N)(C(=O)N(C)Cc2nc(C(F)(F)F)cs2)C1(C)C. The highest BCUT2D eigenvalue weighted by atomic mass is 32.1. The topological polar surface area (TPSA) is 68.5 Å². The van der Waals surface area contributed by atoms with E-state index in [0.29, 0.717) is 13.0 Å². The predicted molar refractivity (Wildman–Crippen MR) is 84.3 cm³/mol. The number of carbonyl (C=O) groups is 1. The molecule has 1 heterocycles. The number of likely N-dealkylation sites (N-methyl/N-ethyl adjacent to an activating group) is 1. The van der Waals surface area contributed by atoms with Crippen molar-refractivity contribution in [3.05, 3.63) is 16.1 Å². The summed E-state index contributed by atoms with van der Waals surface area (Å²) in [5.41, 5.74) is 3.73. The fourth-order valence-corrected chi connectivity index (χ4v) is 3.78. The number of rotatable bonds is 5. The van der Waals surface area contributed by atoms with E-state index in [1.54, 1.807) is 0 Å². The summed E-state index contributed by atoms with van der Waals surface area (Å²) in [5, 5.41) is 1.17. The smallest absolute Gasteiger partial charge is 0.378 e. The number of halogens is 3. The van der Waals surface area contributed by atoms with E-state index < -0.39 is 22.8 Å².